The van der Waals surface area contributed by atoms with Gasteiger partial charge in [0, 0.05) is 6.08 Å². The lowest BCUT2D eigenvalue weighted by Gasteiger charge is -2.43. The van der Waals surface area contributed by atoms with E-state index in [9.17, 15) is 24.6 Å². The highest BCUT2D eigenvalue weighted by molar-refractivity contribution is 5.90. The lowest BCUT2D eigenvalue weighted by molar-refractivity contribution is -0.229. The second-order valence-electron chi connectivity index (χ2n) is 7.86. The number of carbonyl (C=O) groups is 3. The normalized spacial score (nSPS) is 24.0. The lowest BCUT2D eigenvalue weighted by Crippen LogP contribution is -2.61. The van der Waals surface area contributed by atoms with Crippen molar-refractivity contribution in [1.82, 2.24) is 0 Å². The van der Waals surface area contributed by atoms with E-state index in [4.69, 9.17) is 14.2 Å². The van der Waals surface area contributed by atoms with Crippen LogP contribution in [0.25, 0.3) is 0 Å². The highest BCUT2D eigenvalue weighted by atomic mass is 16.6. The molecule has 0 radical (unpaired) electrons. The minimum absolute atomic E-state index is 0.243. The highest BCUT2D eigenvalue weighted by Gasteiger charge is 2.49. The number of rotatable bonds is 9. The Morgan fingerprint density at radius 1 is 0.886 bits per heavy atom. The molecule has 1 aliphatic rings. The van der Waals surface area contributed by atoms with Gasteiger partial charge < -0.3 is 29.2 Å². The Morgan fingerprint density at radius 3 is 1.89 bits per heavy atom. The molecular weight excluding hydrogens is 456 g/mol. The van der Waals surface area contributed by atoms with Crippen molar-refractivity contribution in [2.24, 2.45) is 0 Å². The summed E-state index contributed by atoms with van der Waals surface area (Å²) < 4.78 is 21.6. The van der Waals surface area contributed by atoms with Crippen molar-refractivity contribution in [2.45, 2.75) is 43.4 Å². The number of hydrogen-bond donors (Lipinski definition) is 2. The maximum atomic E-state index is 12.7. The van der Waals surface area contributed by atoms with Crippen molar-refractivity contribution in [3.63, 3.8) is 0 Å². The Balaban J connectivity index is 1.80. The van der Waals surface area contributed by atoms with E-state index in [0.29, 0.717) is 6.42 Å². The van der Waals surface area contributed by atoms with Gasteiger partial charge in [-0.05, 0) is 37.1 Å². The molecule has 0 unspecified atom stereocenters. The Hall–Kier alpha value is -3.53. The van der Waals surface area contributed by atoms with Crippen molar-refractivity contribution >= 4 is 17.9 Å². The fourth-order valence-corrected chi connectivity index (χ4v) is 3.72. The van der Waals surface area contributed by atoms with Crippen LogP contribution in [0.5, 0.6) is 0 Å². The molecule has 0 bridgehead atoms. The molecule has 0 aromatic heterocycles. The summed E-state index contributed by atoms with van der Waals surface area (Å²) in [6.45, 7) is -0.544. The molecule has 1 heterocycles. The predicted molar refractivity (Wildman–Crippen MR) is 123 cm³/mol. The van der Waals surface area contributed by atoms with Gasteiger partial charge in [-0.2, -0.15) is 0 Å². The number of esters is 3. The molecule has 9 heteroatoms. The van der Waals surface area contributed by atoms with Crippen LogP contribution in [0, 0.1) is 0 Å². The number of hydrogen-bond acceptors (Lipinski definition) is 9. The molecule has 9 nitrogen and oxygen atoms in total. The van der Waals surface area contributed by atoms with Crippen LogP contribution in [0.1, 0.15) is 33.6 Å². The summed E-state index contributed by atoms with van der Waals surface area (Å²) in [6.07, 6.45) is -2.48. The van der Waals surface area contributed by atoms with Crippen molar-refractivity contribution in [2.75, 3.05) is 13.7 Å². The number of ether oxygens (including phenoxy) is 4. The highest BCUT2D eigenvalue weighted by Crippen LogP contribution is 2.29. The molecule has 0 amide bonds. The molecule has 0 aliphatic carbocycles. The first-order valence-corrected chi connectivity index (χ1v) is 11.2. The number of methoxy groups -OCH3 is 1. The molecule has 2 aromatic carbocycles. The largest absolute Gasteiger partial charge is 0.466 e. The zero-order valence-electron chi connectivity index (χ0n) is 19.2. The summed E-state index contributed by atoms with van der Waals surface area (Å²) in [7, 11) is 1.26. The first-order valence-electron chi connectivity index (χ1n) is 11.2. The van der Waals surface area contributed by atoms with Crippen molar-refractivity contribution in [3.05, 3.63) is 83.9 Å². The number of benzene rings is 2. The van der Waals surface area contributed by atoms with Gasteiger partial charge in [-0.1, -0.05) is 42.5 Å². The third kappa shape index (κ3) is 6.98. The van der Waals surface area contributed by atoms with Crippen molar-refractivity contribution in [1.29, 1.82) is 0 Å². The van der Waals surface area contributed by atoms with Gasteiger partial charge in [0.2, 0.25) is 0 Å². The summed E-state index contributed by atoms with van der Waals surface area (Å²) in [5.74, 6) is -1.93. The number of aliphatic hydroxyl groups excluding tert-OH is 2. The van der Waals surface area contributed by atoms with E-state index in [0.717, 1.165) is 0 Å². The van der Waals surface area contributed by atoms with Gasteiger partial charge in [-0.25, -0.2) is 14.4 Å². The maximum Gasteiger partial charge on any atom is 0.338 e. The van der Waals surface area contributed by atoms with Crippen LogP contribution in [-0.2, 0) is 23.7 Å². The van der Waals surface area contributed by atoms with Crippen molar-refractivity contribution < 1.29 is 43.5 Å². The fraction of sp³-hybridized carbons (Fsp3) is 0.346. The molecule has 186 valence electrons. The summed E-state index contributed by atoms with van der Waals surface area (Å²) in [5, 5.41) is 21.0. The van der Waals surface area contributed by atoms with E-state index < -0.39 is 55.0 Å². The standard InChI is InChI=1S/C26H28O9/c1-32-21(28)15-9-8-14-19-23(34-25(30)17-10-4-2-5-11-17)22(29)24(20(16-27)33-19)35-26(31)18-12-6-3-7-13-18/h2-7,9-13,15,19-20,22-24,27,29H,8,14,16H2,1H3/b15-9+/t19-,20-,22+,23-,24+/m0/s1. The minimum Gasteiger partial charge on any atom is -0.466 e. The number of carbonyl (C=O) groups excluding carboxylic acids is 3. The maximum absolute atomic E-state index is 12.7. The van der Waals surface area contributed by atoms with Crippen LogP contribution in [0.2, 0.25) is 0 Å². The Morgan fingerprint density at radius 2 is 1.40 bits per heavy atom. The molecule has 35 heavy (non-hydrogen) atoms. The van der Waals surface area contributed by atoms with Gasteiger partial charge in [0.15, 0.2) is 12.2 Å². The lowest BCUT2D eigenvalue weighted by atomic mass is 9.92. The van der Waals surface area contributed by atoms with Gasteiger partial charge in [-0.3, -0.25) is 0 Å². The van der Waals surface area contributed by atoms with Gasteiger partial charge in [-0.15, -0.1) is 0 Å². The van der Waals surface area contributed by atoms with E-state index >= 15 is 0 Å². The van der Waals surface area contributed by atoms with Crippen molar-refractivity contribution in [3.8, 4) is 0 Å². The van der Waals surface area contributed by atoms with E-state index in [1.807, 2.05) is 0 Å². The van der Waals surface area contributed by atoms with Crippen LogP contribution >= 0.6 is 0 Å². The van der Waals surface area contributed by atoms with Crippen LogP contribution < -0.4 is 0 Å². The molecule has 5 atom stereocenters. The minimum atomic E-state index is -1.48. The molecule has 1 fully saturated rings. The van der Waals surface area contributed by atoms with E-state index in [2.05, 4.69) is 4.74 Å². The predicted octanol–water partition coefficient (Wildman–Crippen LogP) is 2.07. The second-order valence-corrected chi connectivity index (χ2v) is 7.86. The third-order valence-electron chi connectivity index (χ3n) is 5.51. The number of aliphatic hydroxyl groups is 2. The van der Waals surface area contributed by atoms with Crippen LogP contribution in [0.3, 0.4) is 0 Å². The quantitative estimate of drug-likeness (QED) is 0.312. The SMILES string of the molecule is COC(=O)/C=C/CC[C@@H]1O[C@@H](CO)[C@@H](OC(=O)c2ccccc2)[C@H](O)[C@H]1OC(=O)c1ccccc1. The smallest absolute Gasteiger partial charge is 0.338 e. The molecule has 0 spiro atoms. The van der Waals surface area contributed by atoms with Gasteiger partial charge in [0.05, 0.1) is 30.9 Å². The van der Waals surface area contributed by atoms with E-state index in [-0.39, 0.29) is 17.5 Å². The van der Waals surface area contributed by atoms with E-state index in [1.165, 1.54) is 13.2 Å². The first kappa shape index (κ1) is 26.1. The summed E-state index contributed by atoms with van der Waals surface area (Å²) in [6, 6.07) is 16.4. The van der Waals surface area contributed by atoms with Crippen LogP contribution in [0.15, 0.2) is 72.8 Å². The van der Waals surface area contributed by atoms with Gasteiger partial charge in [0.1, 0.15) is 12.2 Å². The zero-order chi connectivity index (χ0) is 25.2. The first-order chi connectivity index (χ1) is 16.9. The topological polar surface area (TPSA) is 129 Å². The fourth-order valence-electron chi connectivity index (χ4n) is 3.72. The molecule has 3 rings (SSSR count). The zero-order valence-corrected chi connectivity index (χ0v) is 19.2. The monoisotopic (exact) mass is 484 g/mol. The van der Waals surface area contributed by atoms with Crippen LogP contribution in [0.4, 0.5) is 0 Å². The molecule has 2 N–H and O–H groups in total. The average molecular weight is 485 g/mol. The summed E-state index contributed by atoms with van der Waals surface area (Å²) in [5.41, 5.74) is 0.524. The molecule has 2 aromatic rings. The summed E-state index contributed by atoms with van der Waals surface area (Å²) >= 11 is 0. The summed E-state index contributed by atoms with van der Waals surface area (Å²) in [4.78, 5) is 36.7. The average Bonchev–Trinajstić information content (AvgIpc) is 2.90. The van der Waals surface area contributed by atoms with Crippen LogP contribution in [-0.4, -0.2) is 72.4 Å². The Labute approximate surface area is 202 Å². The number of allylic oxidation sites excluding steroid dienone is 1. The van der Waals surface area contributed by atoms with Gasteiger partial charge >= 0.3 is 17.9 Å². The molecule has 0 saturated carbocycles. The third-order valence-corrected chi connectivity index (χ3v) is 5.51. The van der Waals surface area contributed by atoms with E-state index in [1.54, 1.807) is 66.7 Å². The van der Waals surface area contributed by atoms with Gasteiger partial charge in [0.25, 0.3) is 0 Å². The molecule has 1 aliphatic heterocycles. The Kier molecular flexibility index (Phi) is 9.54. The Bertz CT molecular complexity index is 1010. The second kappa shape index (κ2) is 12.8. The molecular formula is C26H28O9. The molecule has 1 saturated heterocycles.